The number of aliphatic imine (C=N–C) groups is 1. The molecule has 2 aromatic carbocycles. The summed E-state index contributed by atoms with van der Waals surface area (Å²) in [6.07, 6.45) is 3.90. The first-order valence-electron chi connectivity index (χ1n) is 7.21. The zero-order valence-corrected chi connectivity index (χ0v) is 17.8. The first-order chi connectivity index (χ1) is 10.8. The third kappa shape index (κ3) is 3.96. The van der Waals surface area contributed by atoms with Gasteiger partial charge in [-0.2, -0.15) is 0 Å². The van der Waals surface area contributed by atoms with E-state index < -0.39 is 15.5 Å². The van der Waals surface area contributed by atoms with Crippen molar-refractivity contribution in [3.8, 4) is 0 Å². The molecule has 1 heterocycles. The Kier molecular flexibility index (Phi) is 6.02. The van der Waals surface area contributed by atoms with Gasteiger partial charge in [-0.15, -0.1) is 0 Å². The fourth-order valence-electron chi connectivity index (χ4n) is 2.66. The van der Waals surface area contributed by atoms with Gasteiger partial charge in [0, 0.05) is 5.41 Å². The summed E-state index contributed by atoms with van der Waals surface area (Å²) >= 11 is 0. The van der Waals surface area contributed by atoms with Crippen LogP contribution in [0, 0.1) is 0 Å². The molecule has 24 heavy (non-hydrogen) atoms. The van der Waals surface area contributed by atoms with Crippen LogP contribution in [0.3, 0.4) is 0 Å². The molecular weight excluding hydrogens is 349 g/mol. The van der Waals surface area contributed by atoms with Gasteiger partial charge in [0.1, 0.15) is 10.1 Å². The topological polar surface area (TPSA) is 69.6 Å². The van der Waals surface area contributed by atoms with Crippen molar-refractivity contribution in [3.05, 3.63) is 65.7 Å². The quantitative estimate of drug-likeness (QED) is 0.593. The first kappa shape index (κ1) is 19.7. The Hall–Kier alpha value is -0.604. The molecule has 0 amide bonds. The monoisotopic (exact) mass is 365 g/mol. The Balaban J connectivity index is 0.00000208. The normalized spacial score (nSPS) is 15.7. The smallest absolute Gasteiger partial charge is 0.744 e. The number of hydrogen-bond donors (Lipinski definition) is 0. The molecule has 0 aromatic heterocycles. The van der Waals surface area contributed by atoms with Crippen LogP contribution in [0.15, 0.2) is 64.5 Å². The van der Waals surface area contributed by atoms with Gasteiger partial charge in [-0.05, 0) is 35.4 Å². The molecule has 0 spiro atoms. The molecule has 0 atom stereocenters. The van der Waals surface area contributed by atoms with E-state index in [2.05, 4.69) is 4.99 Å². The Morgan fingerprint density at radius 1 is 1.04 bits per heavy atom. The van der Waals surface area contributed by atoms with Crippen molar-refractivity contribution in [1.29, 1.82) is 0 Å². The van der Waals surface area contributed by atoms with E-state index in [0.717, 1.165) is 16.8 Å². The van der Waals surface area contributed by atoms with Gasteiger partial charge < -0.3 is 4.55 Å². The maximum absolute atomic E-state index is 11.2. The van der Waals surface area contributed by atoms with Gasteiger partial charge in [0.15, 0.2) is 0 Å². The van der Waals surface area contributed by atoms with E-state index in [9.17, 15) is 13.0 Å². The zero-order valence-electron chi connectivity index (χ0n) is 13.9. The number of benzene rings is 2. The molecule has 6 heteroatoms. The summed E-state index contributed by atoms with van der Waals surface area (Å²) in [6.45, 7) is 3.93. The van der Waals surface area contributed by atoms with Gasteiger partial charge in [-0.1, -0.05) is 50.3 Å². The van der Waals surface area contributed by atoms with Gasteiger partial charge in [0.2, 0.25) is 0 Å². The third-order valence-corrected chi connectivity index (χ3v) is 4.88. The number of fused-ring (bicyclic) bond motifs is 1. The van der Waals surface area contributed by atoms with E-state index in [-0.39, 0.29) is 56.3 Å². The molecule has 0 saturated heterocycles. The largest absolute Gasteiger partial charge is 1.00 e. The molecule has 0 bridgehead atoms. The molecule has 0 unspecified atom stereocenters. The molecule has 1 aliphatic heterocycles. The Labute approximate surface area is 184 Å². The zero-order chi connectivity index (χ0) is 16.7. The Morgan fingerprint density at radius 3 is 2.33 bits per heavy atom. The third-order valence-electron chi connectivity index (χ3n) is 4.04. The van der Waals surface area contributed by atoms with Crippen molar-refractivity contribution in [1.82, 2.24) is 0 Å². The summed E-state index contributed by atoms with van der Waals surface area (Å²) in [6, 6.07) is 14.2. The molecule has 0 saturated carbocycles. The Morgan fingerprint density at radius 2 is 1.71 bits per heavy atom. The van der Waals surface area contributed by atoms with Crippen molar-refractivity contribution < 1.29 is 64.4 Å². The van der Waals surface area contributed by atoms with Crippen LogP contribution in [-0.4, -0.2) is 18.7 Å². The summed E-state index contributed by atoms with van der Waals surface area (Å²) in [5.41, 5.74) is 2.89. The summed E-state index contributed by atoms with van der Waals surface area (Å²) in [4.78, 5) is 4.36. The van der Waals surface area contributed by atoms with E-state index in [0.29, 0.717) is 5.69 Å². The van der Waals surface area contributed by atoms with E-state index in [4.69, 9.17) is 0 Å². The maximum Gasteiger partial charge on any atom is 1.00 e. The molecular formula is C18H16KNO3S. The summed E-state index contributed by atoms with van der Waals surface area (Å²) in [5, 5.41) is 0. The van der Waals surface area contributed by atoms with E-state index >= 15 is 0 Å². The minimum atomic E-state index is -4.47. The van der Waals surface area contributed by atoms with Crippen molar-refractivity contribution >= 4 is 27.6 Å². The first-order valence-corrected chi connectivity index (χ1v) is 8.62. The maximum atomic E-state index is 11.2. The van der Waals surface area contributed by atoms with Gasteiger partial charge in [0.05, 0.1) is 16.3 Å². The van der Waals surface area contributed by atoms with E-state index in [1.807, 2.05) is 56.3 Å². The fraction of sp³-hybridized carbons (Fsp3) is 0.167. The minimum absolute atomic E-state index is 0. The molecule has 3 rings (SSSR count). The molecule has 4 nitrogen and oxygen atoms in total. The van der Waals surface area contributed by atoms with Crippen LogP contribution in [0.1, 0.15) is 25.0 Å². The second-order valence-electron chi connectivity index (χ2n) is 6.00. The van der Waals surface area contributed by atoms with E-state index in [1.54, 1.807) is 6.07 Å². The second kappa shape index (κ2) is 7.33. The average molecular weight is 365 g/mol. The average Bonchev–Trinajstić information content (AvgIpc) is 2.76. The number of rotatable bonds is 3. The SMILES string of the molecule is CC1(C)C(/C=C/c2ccccc2)=Nc2ccc(S(=O)(=O)[O-])cc21.[K+]. The summed E-state index contributed by atoms with van der Waals surface area (Å²) in [7, 11) is -4.47. The van der Waals surface area contributed by atoms with Crippen LogP contribution >= 0.6 is 0 Å². The van der Waals surface area contributed by atoms with Crippen molar-refractivity contribution in [2.24, 2.45) is 4.99 Å². The molecule has 0 radical (unpaired) electrons. The van der Waals surface area contributed by atoms with Crippen LogP contribution in [0.25, 0.3) is 6.08 Å². The minimum Gasteiger partial charge on any atom is -0.744 e. The van der Waals surface area contributed by atoms with Gasteiger partial charge in [-0.25, -0.2) is 8.42 Å². The van der Waals surface area contributed by atoms with E-state index in [1.165, 1.54) is 12.1 Å². The second-order valence-corrected chi connectivity index (χ2v) is 7.38. The molecule has 0 N–H and O–H groups in total. The van der Waals surface area contributed by atoms with Crippen molar-refractivity contribution in [2.45, 2.75) is 24.2 Å². The fourth-order valence-corrected chi connectivity index (χ4v) is 3.16. The van der Waals surface area contributed by atoms with Crippen molar-refractivity contribution in [3.63, 3.8) is 0 Å². The number of allylic oxidation sites excluding steroid dienone is 1. The number of nitrogens with zero attached hydrogens (tertiary/aromatic N) is 1. The van der Waals surface area contributed by atoms with Gasteiger partial charge in [-0.3, -0.25) is 4.99 Å². The van der Waals surface area contributed by atoms with Gasteiger partial charge >= 0.3 is 51.4 Å². The molecule has 1 aliphatic rings. The van der Waals surface area contributed by atoms with Crippen LogP contribution < -0.4 is 51.4 Å². The molecule has 0 aliphatic carbocycles. The number of hydrogen-bond acceptors (Lipinski definition) is 4. The Bertz CT molecular complexity index is 917. The molecule has 2 aromatic rings. The summed E-state index contributed by atoms with van der Waals surface area (Å²) in [5.74, 6) is 0. The van der Waals surface area contributed by atoms with Crippen molar-refractivity contribution in [2.75, 3.05) is 0 Å². The van der Waals surface area contributed by atoms with Gasteiger partial charge in [0.25, 0.3) is 0 Å². The summed E-state index contributed by atoms with van der Waals surface area (Å²) < 4.78 is 33.7. The van der Waals surface area contributed by atoms with Crippen LogP contribution in [0.2, 0.25) is 0 Å². The molecule has 0 fully saturated rings. The standard InChI is InChI=1S/C18H17NO3S.K/c1-18(2)15-12-14(23(20,21)22)9-10-16(15)19-17(18)11-8-13-6-4-3-5-7-13;/h3-12H,1-2H3,(H,20,21,22);/q;+1/p-1/b11-8+;. The predicted molar refractivity (Wildman–Crippen MR) is 90.0 cm³/mol. The van der Waals surface area contributed by atoms with Crippen LogP contribution in [-0.2, 0) is 15.5 Å². The predicted octanol–water partition coefficient (Wildman–Crippen LogP) is 0.672. The van der Waals surface area contributed by atoms with Crippen LogP contribution in [0.4, 0.5) is 5.69 Å². The molecule has 118 valence electrons. The van der Waals surface area contributed by atoms with Crippen LogP contribution in [0.5, 0.6) is 0 Å².